The molecule has 3 N–H and O–H groups in total. The molecule has 0 saturated carbocycles. The number of carbonyl (C=O) groups is 2. The highest BCUT2D eigenvalue weighted by molar-refractivity contribution is 6.33. The minimum absolute atomic E-state index is 0.189. The number of anilines is 2. The second-order valence-electron chi connectivity index (χ2n) is 4.93. The summed E-state index contributed by atoms with van der Waals surface area (Å²) >= 11 is 5.79. The van der Waals surface area contributed by atoms with Gasteiger partial charge in [0.2, 0.25) is 0 Å². The number of nitrogens with zero attached hydrogens (tertiary/aromatic N) is 1. The molecule has 0 aliphatic carbocycles. The molecule has 6 nitrogen and oxygen atoms in total. The SMILES string of the molecule is CC(OC(=O)c1ccc(Cl)c(N)c1)C(=O)Nc1ccccc1C#N. The van der Waals surface area contributed by atoms with Gasteiger partial charge in [0.05, 0.1) is 27.5 Å². The summed E-state index contributed by atoms with van der Waals surface area (Å²) in [4.78, 5) is 24.2. The fraction of sp³-hybridized carbons (Fsp3) is 0.118. The van der Waals surface area contributed by atoms with Gasteiger partial charge in [-0.2, -0.15) is 5.26 Å². The van der Waals surface area contributed by atoms with E-state index in [0.29, 0.717) is 16.3 Å². The largest absolute Gasteiger partial charge is 0.449 e. The molecule has 2 aromatic carbocycles. The van der Waals surface area contributed by atoms with Gasteiger partial charge in [-0.3, -0.25) is 4.79 Å². The van der Waals surface area contributed by atoms with Crippen molar-refractivity contribution in [1.29, 1.82) is 5.26 Å². The second-order valence-corrected chi connectivity index (χ2v) is 5.34. The zero-order valence-electron chi connectivity index (χ0n) is 12.7. The maximum Gasteiger partial charge on any atom is 0.338 e. The minimum Gasteiger partial charge on any atom is -0.449 e. The summed E-state index contributed by atoms with van der Waals surface area (Å²) in [5.74, 6) is -1.25. The van der Waals surface area contributed by atoms with Crippen molar-refractivity contribution in [2.45, 2.75) is 13.0 Å². The molecule has 1 atom stereocenters. The smallest absolute Gasteiger partial charge is 0.338 e. The van der Waals surface area contributed by atoms with Crippen LogP contribution in [-0.4, -0.2) is 18.0 Å². The van der Waals surface area contributed by atoms with Gasteiger partial charge in [-0.1, -0.05) is 23.7 Å². The number of carbonyl (C=O) groups excluding carboxylic acids is 2. The number of hydrogen-bond acceptors (Lipinski definition) is 5. The van der Waals surface area contributed by atoms with Gasteiger partial charge in [0, 0.05) is 0 Å². The minimum atomic E-state index is -1.05. The Hall–Kier alpha value is -3.04. The van der Waals surface area contributed by atoms with Crippen LogP contribution in [0.4, 0.5) is 11.4 Å². The van der Waals surface area contributed by atoms with Crippen LogP contribution in [0.3, 0.4) is 0 Å². The van der Waals surface area contributed by atoms with Crippen LogP contribution in [0.25, 0.3) is 0 Å². The van der Waals surface area contributed by atoms with Crippen LogP contribution < -0.4 is 11.1 Å². The fourth-order valence-corrected chi connectivity index (χ4v) is 1.99. The van der Waals surface area contributed by atoms with Gasteiger partial charge in [-0.05, 0) is 37.3 Å². The Bertz CT molecular complexity index is 830. The van der Waals surface area contributed by atoms with Crippen LogP contribution in [0, 0.1) is 11.3 Å². The summed E-state index contributed by atoms with van der Waals surface area (Å²) in [6.45, 7) is 1.43. The lowest BCUT2D eigenvalue weighted by molar-refractivity contribution is -0.123. The molecular weight excluding hydrogens is 330 g/mol. The maximum absolute atomic E-state index is 12.1. The van der Waals surface area contributed by atoms with Crippen molar-refractivity contribution in [2.75, 3.05) is 11.1 Å². The summed E-state index contributed by atoms with van der Waals surface area (Å²) in [5.41, 5.74) is 6.73. The first-order valence-electron chi connectivity index (χ1n) is 6.98. The molecule has 0 saturated heterocycles. The third kappa shape index (κ3) is 4.03. The van der Waals surface area contributed by atoms with Gasteiger partial charge in [-0.15, -0.1) is 0 Å². The van der Waals surface area contributed by atoms with E-state index in [1.165, 1.54) is 25.1 Å². The van der Waals surface area contributed by atoms with E-state index in [2.05, 4.69) is 5.32 Å². The van der Waals surface area contributed by atoms with E-state index in [0.717, 1.165) is 0 Å². The van der Waals surface area contributed by atoms with Crippen molar-refractivity contribution in [3.8, 4) is 6.07 Å². The highest BCUT2D eigenvalue weighted by Crippen LogP contribution is 2.20. The van der Waals surface area contributed by atoms with E-state index in [-0.39, 0.29) is 11.3 Å². The number of esters is 1. The highest BCUT2D eigenvalue weighted by Gasteiger charge is 2.20. The fourth-order valence-electron chi connectivity index (χ4n) is 1.88. The molecule has 0 fully saturated rings. The molecule has 0 radical (unpaired) electrons. The number of nitrogen functional groups attached to an aromatic ring is 1. The number of nitrogens with one attached hydrogen (secondary N) is 1. The quantitative estimate of drug-likeness (QED) is 0.655. The number of ether oxygens (including phenoxy) is 1. The number of nitriles is 1. The molecule has 0 aliphatic rings. The molecule has 0 heterocycles. The van der Waals surface area contributed by atoms with Gasteiger partial charge >= 0.3 is 5.97 Å². The Labute approximate surface area is 143 Å². The number of para-hydroxylation sites is 1. The number of halogens is 1. The first-order chi connectivity index (χ1) is 11.4. The van der Waals surface area contributed by atoms with Crippen LogP contribution in [0.1, 0.15) is 22.8 Å². The van der Waals surface area contributed by atoms with Gasteiger partial charge in [0.25, 0.3) is 5.91 Å². The van der Waals surface area contributed by atoms with Crippen LogP contribution in [0.15, 0.2) is 42.5 Å². The third-order valence-electron chi connectivity index (χ3n) is 3.19. The summed E-state index contributed by atoms with van der Waals surface area (Å²) in [6, 6.07) is 12.8. The Kier molecular flexibility index (Phi) is 5.40. The number of benzene rings is 2. The monoisotopic (exact) mass is 343 g/mol. The molecule has 1 amide bonds. The number of nitrogens with two attached hydrogens (primary N) is 1. The molecular formula is C17H14ClN3O3. The molecule has 0 aliphatic heterocycles. The summed E-state index contributed by atoms with van der Waals surface area (Å²) in [6.07, 6.45) is -1.05. The van der Waals surface area contributed by atoms with Crippen molar-refractivity contribution in [2.24, 2.45) is 0 Å². The lowest BCUT2D eigenvalue weighted by Gasteiger charge is -2.14. The molecule has 2 aromatic rings. The average molecular weight is 344 g/mol. The first kappa shape index (κ1) is 17.3. The van der Waals surface area contributed by atoms with Crippen molar-refractivity contribution >= 4 is 34.9 Å². The lowest BCUT2D eigenvalue weighted by atomic mass is 10.2. The van der Waals surface area contributed by atoms with Crippen molar-refractivity contribution in [3.63, 3.8) is 0 Å². The predicted molar refractivity (Wildman–Crippen MR) is 90.5 cm³/mol. The van der Waals surface area contributed by atoms with E-state index >= 15 is 0 Å². The molecule has 24 heavy (non-hydrogen) atoms. The summed E-state index contributed by atoms with van der Waals surface area (Å²) in [7, 11) is 0. The summed E-state index contributed by atoms with van der Waals surface area (Å²) in [5, 5.41) is 11.9. The zero-order valence-corrected chi connectivity index (χ0v) is 13.5. The number of amides is 1. The Morgan fingerprint density at radius 1 is 1.29 bits per heavy atom. The predicted octanol–water partition coefficient (Wildman–Crippen LogP) is 2.98. The lowest BCUT2D eigenvalue weighted by Crippen LogP contribution is -2.30. The first-order valence-corrected chi connectivity index (χ1v) is 7.36. The van der Waals surface area contributed by atoms with E-state index in [1.54, 1.807) is 24.3 Å². The van der Waals surface area contributed by atoms with E-state index in [4.69, 9.17) is 27.3 Å². The Morgan fingerprint density at radius 3 is 2.67 bits per heavy atom. The van der Waals surface area contributed by atoms with Crippen LogP contribution in [0.5, 0.6) is 0 Å². The Balaban J connectivity index is 2.04. The number of rotatable bonds is 4. The van der Waals surface area contributed by atoms with Crippen molar-refractivity contribution < 1.29 is 14.3 Å². The van der Waals surface area contributed by atoms with Crippen molar-refractivity contribution in [1.82, 2.24) is 0 Å². The number of hydrogen-bond donors (Lipinski definition) is 2. The second kappa shape index (κ2) is 7.49. The molecule has 2 rings (SSSR count). The zero-order chi connectivity index (χ0) is 17.7. The van der Waals surface area contributed by atoms with Gasteiger partial charge in [-0.25, -0.2) is 4.79 Å². The molecule has 1 unspecified atom stereocenters. The summed E-state index contributed by atoms with van der Waals surface area (Å²) < 4.78 is 5.11. The standard InChI is InChI=1S/C17H14ClN3O3/c1-10(16(22)21-15-5-3-2-4-12(15)9-19)24-17(23)11-6-7-13(18)14(20)8-11/h2-8,10H,20H2,1H3,(H,21,22). The average Bonchev–Trinajstić information content (AvgIpc) is 2.57. The van der Waals surface area contributed by atoms with Crippen molar-refractivity contribution in [3.05, 3.63) is 58.6 Å². The molecule has 122 valence electrons. The van der Waals surface area contributed by atoms with Gasteiger partial charge in [0.1, 0.15) is 6.07 Å². The molecule has 0 aromatic heterocycles. The third-order valence-corrected chi connectivity index (χ3v) is 3.53. The molecule has 0 spiro atoms. The highest BCUT2D eigenvalue weighted by atomic mass is 35.5. The molecule has 7 heteroatoms. The normalized spacial score (nSPS) is 11.2. The topological polar surface area (TPSA) is 105 Å². The van der Waals surface area contributed by atoms with E-state index in [9.17, 15) is 9.59 Å². The molecule has 0 bridgehead atoms. The van der Waals surface area contributed by atoms with Crippen LogP contribution in [-0.2, 0) is 9.53 Å². The van der Waals surface area contributed by atoms with E-state index in [1.807, 2.05) is 6.07 Å². The van der Waals surface area contributed by atoms with Crippen LogP contribution in [0.2, 0.25) is 5.02 Å². The van der Waals surface area contributed by atoms with Crippen LogP contribution >= 0.6 is 11.6 Å². The van der Waals surface area contributed by atoms with Gasteiger partial charge in [0.15, 0.2) is 6.10 Å². The van der Waals surface area contributed by atoms with E-state index < -0.39 is 18.0 Å². The van der Waals surface area contributed by atoms with Gasteiger partial charge < -0.3 is 15.8 Å². The Morgan fingerprint density at radius 2 is 2.00 bits per heavy atom. The maximum atomic E-state index is 12.1.